The molecule has 2 rings (SSSR count). The summed E-state index contributed by atoms with van der Waals surface area (Å²) < 4.78 is 4.62. The average Bonchev–Trinajstić information content (AvgIpc) is 2.14. The molecule has 0 saturated carbocycles. The number of carbonyl (C=O) groups excluding carboxylic acids is 1. The second-order valence-corrected chi connectivity index (χ2v) is 3.29. The molecule has 1 aromatic heterocycles. The Hall–Kier alpha value is -1.42. The highest BCUT2D eigenvalue weighted by Gasteiger charge is 2.19. The van der Waals surface area contributed by atoms with Crippen molar-refractivity contribution in [2.45, 2.75) is 12.5 Å². The highest BCUT2D eigenvalue weighted by Crippen LogP contribution is 2.22. The first-order chi connectivity index (χ1) is 6.81. The van der Waals surface area contributed by atoms with Gasteiger partial charge in [0.15, 0.2) is 0 Å². The van der Waals surface area contributed by atoms with Gasteiger partial charge in [-0.3, -0.25) is 4.98 Å². The molecule has 1 atom stereocenters. The SMILES string of the molecule is COC(=O)c1cncc(C2CCN2)c1. The van der Waals surface area contributed by atoms with Gasteiger partial charge in [0.1, 0.15) is 0 Å². The quantitative estimate of drug-likeness (QED) is 0.707. The van der Waals surface area contributed by atoms with Gasteiger partial charge in [0, 0.05) is 18.4 Å². The Morgan fingerprint density at radius 3 is 3.00 bits per heavy atom. The summed E-state index contributed by atoms with van der Waals surface area (Å²) in [6.45, 7) is 1.03. The van der Waals surface area contributed by atoms with Gasteiger partial charge < -0.3 is 10.1 Å². The fraction of sp³-hybridized carbons (Fsp3) is 0.400. The van der Waals surface area contributed by atoms with Crippen LogP contribution >= 0.6 is 0 Å². The molecule has 0 radical (unpaired) electrons. The van der Waals surface area contributed by atoms with E-state index in [1.807, 2.05) is 6.07 Å². The summed E-state index contributed by atoms with van der Waals surface area (Å²) in [6, 6.07) is 2.18. The highest BCUT2D eigenvalue weighted by atomic mass is 16.5. The maximum atomic E-state index is 11.2. The average molecular weight is 192 g/mol. The van der Waals surface area contributed by atoms with Crippen LogP contribution in [0, 0.1) is 0 Å². The second-order valence-electron chi connectivity index (χ2n) is 3.29. The third kappa shape index (κ3) is 1.61. The molecule has 1 saturated heterocycles. The Labute approximate surface area is 82.3 Å². The van der Waals surface area contributed by atoms with Crippen LogP contribution in [0.4, 0.5) is 0 Å². The Balaban J connectivity index is 2.21. The molecule has 4 heteroatoms. The van der Waals surface area contributed by atoms with Crippen LogP contribution in [-0.4, -0.2) is 24.6 Å². The summed E-state index contributed by atoms with van der Waals surface area (Å²) in [6.07, 6.45) is 4.41. The summed E-state index contributed by atoms with van der Waals surface area (Å²) >= 11 is 0. The number of methoxy groups -OCH3 is 1. The van der Waals surface area contributed by atoms with E-state index in [1.165, 1.54) is 13.3 Å². The molecular formula is C10H12N2O2. The molecular weight excluding hydrogens is 180 g/mol. The summed E-state index contributed by atoms with van der Waals surface area (Å²) in [5, 5.41) is 3.25. The third-order valence-corrected chi connectivity index (χ3v) is 2.41. The lowest BCUT2D eigenvalue weighted by molar-refractivity contribution is 0.0600. The summed E-state index contributed by atoms with van der Waals surface area (Å²) in [5.74, 6) is -0.335. The Bertz CT molecular complexity index is 348. The molecule has 0 aromatic carbocycles. The summed E-state index contributed by atoms with van der Waals surface area (Å²) in [7, 11) is 1.37. The van der Waals surface area contributed by atoms with Crippen molar-refractivity contribution >= 4 is 5.97 Å². The number of hydrogen-bond acceptors (Lipinski definition) is 4. The standard InChI is InChI=1S/C10H12N2O2/c1-14-10(13)8-4-7(5-11-6-8)9-2-3-12-9/h4-6,9,12H,2-3H2,1H3. The zero-order valence-corrected chi connectivity index (χ0v) is 7.99. The summed E-state index contributed by atoms with van der Waals surface area (Å²) in [4.78, 5) is 15.2. The van der Waals surface area contributed by atoms with E-state index in [0.29, 0.717) is 11.6 Å². The van der Waals surface area contributed by atoms with Gasteiger partial charge in [0.05, 0.1) is 12.7 Å². The molecule has 0 amide bonds. The minimum Gasteiger partial charge on any atom is -0.465 e. The number of rotatable bonds is 2. The smallest absolute Gasteiger partial charge is 0.339 e. The van der Waals surface area contributed by atoms with Crippen molar-refractivity contribution in [3.8, 4) is 0 Å². The first-order valence-corrected chi connectivity index (χ1v) is 4.58. The van der Waals surface area contributed by atoms with E-state index in [2.05, 4.69) is 15.0 Å². The molecule has 1 N–H and O–H groups in total. The van der Waals surface area contributed by atoms with Crippen molar-refractivity contribution in [3.63, 3.8) is 0 Å². The van der Waals surface area contributed by atoms with Crippen molar-refractivity contribution in [2.75, 3.05) is 13.7 Å². The molecule has 0 aliphatic carbocycles. The zero-order valence-electron chi connectivity index (χ0n) is 7.99. The zero-order chi connectivity index (χ0) is 9.97. The Morgan fingerprint density at radius 1 is 1.64 bits per heavy atom. The number of ether oxygens (including phenoxy) is 1. The van der Waals surface area contributed by atoms with Gasteiger partial charge in [0.25, 0.3) is 0 Å². The third-order valence-electron chi connectivity index (χ3n) is 2.41. The highest BCUT2D eigenvalue weighted by molar-refractivity contribution is 5.89. The van der Waals surface area contributed by atoms with Crippen LogP contribution in [0.25, 0.3) is 0 Å². The van der Waals surface area contributed by atoms with E-state index >= 15 is 0 Å². The lowest BCUT2D eigenvalue weighted by Crippen LogP contribution is -2.35. The Morgan fingerprint density at radius 2 is 2.43 bits per heavy atom. The van der Waals surface area contributed by atoms with E-state index in [9.17, 15) is 4.79 Å². The number of esters is 1. The normalized spacial score (nSPS) is 19.9. The van der Waals surface area contributed by atoms with Gasteiger partial charge in [0.2, 0.25) is 0 Å². The lowest BCUT2D eigenvalue weighted by atomic mass is 9.99. The van der Waals surface area contributed by atoms with Gasteiger partial charge in [-0.25, -0.2) is 4.79 Å². The maximum Gasteiger partial charge on any atom is 0.339 e. The predicted octanol–water partition coefficient (Wildman–Crippen LogP) is 0.903. The maximum absolute atomic E-state index is 11.2. The molecule has 74 valence electrons. The molecule has 1 aliphatic rings. The second kappa shape index (κ2) is 3.75. The molecule has 4 nitrogen and oxygen atoms in total. The summed E-state index contributed by atoms with van der Waals surface area (Å²) in [5.41, 5.74) is 1.57. The molecule has 1 fully saturated rings. The fourth-order valence-corrected chi connectivity index (χ4v) is 1.45. The minimum absolute atomic E-state index is 0.335. The molecule has 1 unspecified atom stereocenters. The molecule has 0 spiro atoms. The Kier molecular flexibility index (Phi) is 2.45. The molecule has 1 aromatic rings. The topological polar surface area (TPSA) is 51.2 Å². The van der Waals surface area contributed by atoms with Gasteiger partial charge in [-0.05, 0) is 24.6 Å². The van der Waals surface area contributed by atoms with Gasteiger partial charge in [-0.1, -0.05) is 0 Å². The van der Waals surface area contributed by atoms with E-state index in [-0.39, 0.29) is 5.97 Å². The van der Waals surface area contributed by atoms with Crippen molar-refractivity contribution in [2.24, 2.45) is 0 Å². The van der Waals surface area contributed by atoms with Gasteiger partial charge >= 0.3 is 5.97 Å². The predicted molar refractivity (Wildman–Crippen MR) is 50.9 cm³/mol. The van der Waals surface area contributed by atoms with Crippen molar-refractivity contribution in [3.05, 3.63) is 29.6 Å². The number of pyridine rings is 1. The number of nitrogens with zero attached hydrogens (tertiary/aromatic N) is 1. The molecule has 0 bridgehead atoms. The van der Waals surface area contributed by atoms with E-state index < -0.39 is 0 Å². The van der Waals surface area contributed by atoms with Crippen LogP contribution in [0.1, 0.15) is 28.4 Å². The van der Waals surface area contributed by atoms with Crippen LogP contribution in [0.3, 0.4) is 0 Å². The van der Waals surface area contributed by atoms with Crippen molar-refractivity contribution in [1.29, 1.82) is 0 Å². The van der Waals surface area contributed by atoms with Crippen LogP contribution in [0.2, 0.25) is 0 Å². The monoisotopic (exact) mass is 192 g/mol. The van der Waals surface area contributed by atoms with Crippen LogP contribution < -0.4 is 5.32 Å². The van der Waals surface area contributed by atoms with Crippen molar-refractivity contribution < 1.29 is 9.53 Å². The minimum atomic E-state index is -0.335. The molecule has 1 aliphatic heterocycles. The first kappa shape index (κ1) is 9.15. The largest absolute Gasteiger partial charge is 0.465 e. The van der Waals surface area contributed by atoms with E-state index in [1.54, 1.807) is 6.20 Å². The molecule has 14 heavy (non-hydrogen) atoms. The van der Waals surface area contributed by atoms with Gasteiger partial charge in [-0.2, -0.15) is 0 Å². The van der Waals surface area contributed by atoms with Crippen LogP contribution in [-0.2, 0) is 4.74 Å². The number of hydrogen-bond donors (Lipinski definition) is 1. The van der Waals surface area contributed by atoms with Crippen LogP contribution in [0.5, 0.6) is 0 Å². The lowest BCUT2D eigenvalue weighted by Gasteiger charge is -2.27. The number of nitrogens with one attached hydrogen (secondary N) is 1. The first-order valence-electron chi connectivity index (χ1n) is 4.58. The van der Waals surface area contributed by atoms with Gasteiger partial charge in [-0.15, -0.1) is 0 Å². The fourth-order valence-electron chi connectivity index (χ4n) is 1.45. The van der Waals surface area contributed by atoms with E-state index in [4.69, 9.17) is 0 Å². The number of aromatic nitrogens is 1. The van der Waals surface area contributed by atoms with Crippen molar-refractivity contribution in [1.82, 2.24) is 10.3 Å². The van der Waals surface area contributed by atoms with E-state index in [0.717, 1.165) is 18.5 Å². The van der Waals surface area contributed by atoms with Crippen LogP contribution in [0.15, 0.2) is 18.5 Å². The molecule has 2 heterocycles. The number of carbonyl (C=O) groups is 1.